The lowest BCUT2D eigenvalue weighted by Crippen LogP contribution is -2.29. The second kappa shape index (κ2) is 5.70. The number of nitrogens with zero attached hydrogens (tertiary/aromatic N) is 1. The Kier molecular flexibility index (Phi) is 4.55. The molecular formula is C12H21N3O. The van der Waals surface area contributed by atoms with Crippen molar-refractivity contribution in [2.75, 3.05) is 13.1 Å². The Balaban J connectivity index is 2.32. The molecule has 1 heterocycles. The zero-order valence-electron chi connectivity index (χ0n) is 10.6. The zero-order chi connectivity index (χ0) is 12.1. The number of rotatable bonds is 5. The number of aromatic nitrogens is 1. The highest BCUT2D eigenvalue weighted by molar-refractivity contribution is 5.72. The quantitative estimate of drug-likeness (QED) is 0.728. The maximum Gasteiger partial charge on any atom is 0.216 e. The Morgan fingerprint density at radius 2 is 2.06 bits per heavy atom. The summed E-state index contributed by atoms with van der Waals surface area (Å²) in [6, 6.07) is 2.20. The van der Waals surface area contributed by atoms with E-state index in [2.05, 4.69) is 42.2 Å². The number of carbonyl (C=O) groups excluding carboxylic acids is 1. The molecule has 4 nitrogen and oxygen atoms in total. The third-order valence-corrected chi connectivity index (χ3v) is 2.87. The van der Waals surface area contributed by atoms with Crippen LogP contribution < -0.4 is 10.6 Å². The van der Waals surface area contributed by atoms with Crippen LogP contribution in [0.1, 0.15) is 23.9 Å². The van der Waals surface area contributed by atoms with Crippen molar-refractivity contribution < 1.29 is 4.79 Å². The smallest absolute Gasteiger partial charge is 0.216 e. The van der Waals surface area contributed by atoms with E-state index in [1.165, 1.54) is 23.9 Å². The van der Waals surface area contributed by atoms with Gasteiger partial charge in [-0.2, -0.15) is 0 Å². The van der Waals surface area contributed by atoms with Gasteiger partial charge in [0.05, 0.1) is 0 Å². The fraction of sp³-hybridized carbons (Fsp3) is 0.583. The van der Waals surface area contributed by atoms with Gasteiger partial charge in [-0.05, 0) is 25.5 Å². The van der Waals surface area contributed by atoms with Crippen LogP contribution in [0.15, 0.2) is 6.07 Å². The van der Waals surface area contributed by atoms with Crippen molar-refractivity contribution >= 4 is 5.91 Å². The van der Waals surface area contributed by atoms with Crippen molar-refractivity contribution in [2.24, 2.45) is 7.05 Å². The number of hydrogen-bond acceptors (Lipinski definition) is 2. The van der Waals surface area contributed by atoms with Gasteiger partial charge >= 0.3 is 0 Å². The molecule has 0 fully saturated rings. The molecule has 0 saturated carbocycles. The second-order valence-corrected chi connectivity index (χ2v) is 4.12. The van der Waals surface area contributed by atoms with Crippen molar-refractivity contribution in [3.63, 3.8) is 0 Å². The molecule has 2 N–H and O–H groups in total. The third-order valence-electron chi connectivity index (χ3n) is 2.87. The maximum atomic E-state index is 10.6. The summed E-state index contributed by atoms with van der Waals surface area (Å²) in [5.74, 6) is 0.0218. The average molecular weight is 223 g/mol. The summed E-state index contributed by atoms with van der Waals surface area (Å²) in [5, 5.41) is 6.07. The summed E-state index contributed by atoms with van der Waals surface area (Å²) >= 11 is 0. The van der Waals surface area contributed by atoms with Gasteiger partial charge in [0.2, 0.25) is 5.91 Å². The van der Waals surface area contributed by atoms with Crippen molar-refractivity contribution in [3.8, 4) is 0 Å². The number of nitrogens with one attached hydrogen (secondary N) is 2. The van der Waals surface area contributed by atoms with Gasteiger partial charge in [-0.1, -0.05) is 0 Å². The van der Waals surface area contributed by atoms with E-state index >= 15 is 0 Å². The molecule has 0 aliphatic heterocycles. The molecule has 0 radical (unpaired) electrons. The van der Waals surface area contributed by atoms with Crippen molar-refractivity contribution in [1.82, 2.24) is 15.2 Å². The molecule has 1 aromatic rings. The van der Waals surface area contributed by atoms with Crippen LogP contribution >= 0.6 is 0 Å². The first kappa shape index (κ1) is 12.8. The maximum absolute atomic E-state index is 10.6. The number of carbonyl (C=O) groups is 1. The number of aryl methyl sites for hydroxylation is 1. The van der Waals surface area contributed by atoms with E-state index < -0.39 is 0 Å². The van der Waals surface area contributed by atoms with Gasteiger partial charge in [0.15, 0.2) is 0 Å². The minimum absolute atomic E-state index is 0.0218. The predicted octanol–water partition coefficient (Wildman–Crippen LogP) is 0.868. The van der Waals surface area contributed by atoms with Crippen molar-refractivity contribution in [2.45, 2.75) is 27.3 Å². The summed E-state index contributed by atoms with van der Waals surface area (Å²) in [7, 11) is 2.07. The van der Waals surface area contributed by atoms with E-state index in [1.807, 2.05) is 0 Å². The molecule has 1 aromatic heterocycles. The fourth-order valence-corrected chi connectivity index (χ4v) is 1.66. The summed E-state index contributed by atoms with van der Waals surface area (Å²) in [4.78, 5) is 10.6. The summed E-state index contributed by atoms with van der Waals surface area (Å²) in [6.07, 6.45) is 0. The van der Waals surface area contributed by atoms with Crippen LogP contribution in [0.3, 0.4) is 0 Å². The van der Waals surface area contributed by atoms with E-state index in [1.54, 1.807) is 0 Å². The van der Waals surface area contributed by atoms with Gasteiger partial charge in [0.25, 0.3) is 0 Å². The highest BCUT2D eigenvalue weighted by atomic mass is 16.1. The molecule has 0 bridgehead atoms. The number of hydrogen-bond donors (Lipinski definition) is 2. The molecule has 16 heavy (non-hydrogen) atoms. The van der Waals surface area contributed by atoms with Crippen LogP contribution in [0, 0.1) is 13.8 Å². The lowest BCUT2D eigenvalue weighted by molar-refractivity contribution is -0.118. The summed E-state index contributed by atoms with van der Waals surface area (Å²) in [5.41, 5.74) is 3.89. The third kappa shape index (κ3) is 3.38. The van der Waals surface area contributed by atoms with Crippen molar-refractivity contribution in [1.29, 1.82) is 0 Å². The van der Waals surface area contributed by atoms with Crippen LogP contribution in [0.25, 0.3) is 0 Å². The Labute approximate surface area is 97.0 Å². The first-order chi connectivity index (χ1) is 7.52. The zero-order valence-corrected chi connectivity index (χ0v) is 10.6. The molecule has 0 aromatic carbocycles. The molecule has 1 amide bonds. The van der Waals surface area contributed by atoms with Crippen LogP contribution in [-0.2, 0) is 18.4 Å². The molecule has 0 saturated heterocycles. The Morgan fingerprint density at radius 1 is 1.38 bits per heavy atom. The fourth-order valence-electron chi connectivity index (χ4n) is 1.66. The van der Waals surface area contributed by atoms with Gasteiger partial charge in [-0.3, -0.25) is 4.79 Å². The first-order valence-corrected chi connectivity index (χ1v) is 5.59. The van der Waals surface area contributed by atoms with Gasteiger partial charge < -0.3 is 15.2 Å². The minimum Gasteiger partial charge on any atom is -0.355 e. The highest BCUT2D eigenvalue weighted by Gasteiger charge is 2.04. The molecule has 0 unspecified atom stereocenters. The Bertz CT molecular complexity index is 369. The second-order valence-electron chi connectivity index (χ2n) is 4.12. The monoisotopic (exact) mass is 223 g/mol. The van der Waals surface area contributed by atoms with Gasteiger partial charge in [-0.25, -0.2) is 0 Å². The topological polar surface area (TPSA) is 46.1 Å². The minimum atomic E-state index is 0.0218. The van der Waals surface area contributed by atoms with Crippen LogP contribution in [-0.4, -0.2) is 23.6 Å². The molecule has 90 valence electrons. The standard InChI is InChI=1S/C12H21N3O/c1-9-7-12(10(2)15(9)4)8-13-5-6-14-11(3)16/h7,13H,5-6,8H2,1-4H3,(H,14,16). The molecule has 0 aliphatic rings. The summed E-state index contributed by atoms with van der Waals surface area (Å²) < 4.78 is 2.19. The first-order valence-electron chi connectivity index (χ1n) is 5.59. The summed E-state index contributed by atoms with van der Waals surface area (Å²) in [6.45, 7) is 8.09. The SMILES string of the molecule is CC(=O)NCCNCc1cc(C)n(C)c1C. The number of amides is 1. The van der Waals surface area contributed by atoms with Crippen LogP contribution in [0.2, 0.25) is 0 Å². The molecule has 4 heteroatoms. The van der Waals surface area contributed by atoms with Gasteiger partial charge in [-0.15, -0.1) is 0 Å². The molecular weight excluding hydrogens is 202 g/mol. The van der Waals surface area contributed by atoms with E-state index in [9.17, 15) is 4.79 Å². The molecule has 0 atom stereocenters. The molecule has 0 spiro atoms. The van der Waals surface area contributed by atoms with E-state index in [-0.39, 0.29) is 5.91 Å². The lowest BCUT2D eigenvalue weighted by atomic mass is 10.2. The highest BCUT2D eigenvalue weighted by Crippen LogP contribution is 2.12. The average Bonchev–Trinajstić information content (AvgIpc) is 2.45. The normalized spacial score (nSPS) is 10.5. The van der Waals surface area contributed by atoms with Gasteiger partial charge in [0.1, 0.15) is 0 Å². The molecule has 1 rings (SSSR count). The Hall–Kier alpha value is -1.29. The van der Waals surface area contributed by atoms with Gasteiger partial charge in [0, 0.05) is 45.0 Å². The van der Waals surface area contributed by atoms with Crippen molar-refractivity contribution in [3.05, 3.63) is 23.0 Å². The molecule has 0 aliphatic carbocycles. The van der Waals surface area contributed by atoms with Crippen LogP contribution in [0.5, 0.6) is 0 Å². The van der Waals surface area contributed by atoms with E-state index in [0.29, 0.717) is 6.54 Å². The predicted molar refractivity (Wildman–Crippen MR) is 65.3 cm³/mol. The lowest BCUT2D eigenvalue weighted by Gasteiger charge is -2.05. The largest absolute Gasteiger partial charge is 0.355 e. The van der Waals surface area contributed by atoms with E-state index in [0.717, 1.165) is 13.1 Å². The Morgan fingerprint density at radius 3 is 2.56 bits per heavy atom. The van der Waals surface area contributed by atoms with Crippen LogP contribution in [0.4, 0.5) is 0 Å². The van der Waals surface area contributed by atoms with E-state index in [4.69, 9.17) is 0 Å².